The number of hydrogen-bond donors (Lipinski definition) is 1. The van der Waals surface area contributed by atoms with Crippen molar-refractivity contribution < 1.29 is 4.74 Å². The number of rotatable bonds is 7. The van der Waals surface area contributed by atoms with Gasteiger partial charge in [-0.1, -0.05) is 40.5 Å². The van der Waals surface area contributed by atoms with Crippen LogP contribution in [0.1, 0.15) is 53.4 Å². The van der Waals surface area contributed by atoms with E-state index in [4.69, 9.17) is 4.74 Å². The summed E-state index contributed by atoms with van der Waals surface area (Å²) in [5, 5.41) is 3.60. The van der Waals surface area contributed by atoms with Gasteiger partial charge in [0, 0.05) is 24.6 Å². The smallest absolute Gasteiger partial charge is 0.0535 e. The highest BCUT2D eigenvalue weighted by Gasteiger charge is 2.35. The van der Waals surface area contributed by atoms with Crippen molar-refractivity contribution in [3.8, 4) is 0 Å². The fourth-order valence-electron chi connectivity index (χ4n) is 2.78. The van der Waals surface area contributed by atoms with Crippen LogP contribution in [0.5, 0.6) is 0 Å². The minimum Gasteiger partial charge on any atom is -0.381 e. The van der Waals surface area contributed by atoms with Gasteiger partial charge in [0.15, 0.2) is 0 Å². The largest absolute Gasteiger partial charge is 0.381 e. The van der Waals surface area contributed by atoms with Crippen molar-refractivity contribution in [2.75, 3.05) is 19.8 Å². The Bertz CT molecular complexity index is 185. The molecule has 0 radical (unpaired) electrons. The van der Waals surface area contributed by atoms with Crippen LogP contribution >= 0.6 is 0 Å². The fraction of sp³-hybridized carbons (Fsp3) is 1.00. The molecule has 2 atom stereocenters. The minimum absolute atomic E-state index is 0.416. The second-order valence-corrected chi connectivity index (χ2v) is 5.94. The first-order chi connectivity index (χ1) is 7.58. The fourth-order valence-corrected chi connectivity index (χ4v) is 2.78. The van der Waals surface area contributed by atoms with Gasteiger partial charge in [0.25, 0.3) is 0 Å². The maximum atomic E-state index is 5.63. The summed E-state index contributed by atoms with van der Waals surface area (Å²) >= 11 is 0. The van der Waals surface area contributed by atoms with E-state index in [1.54, 1.807) is 0 Å². The van der Waals surface area contributed by atoms with Crippen LogP contribution in [0.2, 0.25) is 0 Å². The van der Waals surface area contributed by atoms with Crippen LogP contribution in [0.3, 0.4) is 0 Å². The summed E-state index contributed by atoms with van der Waals surface area (Å²) in [7, 11) is 0. The van der Waals surface area contributed by atoms with Gasteiger partial charge in [0.05, 0.1) is 6.61 Å². The Hall–Kier alpha value is -0.0800. The molecule has 1 N–H and O–H groups in total. The SMILES string of the molecule is CCCC(C)CC1(CNC(C)C)CCOC1. The molecule has 2 unspecified atom stereocenters. The predicted octanol–water partition coefficient (Wildman–Crippen LogP) is 3.22. The average Bonchev–Trinajstić information content (AvgIpc) is 2.64. The number of hydrogen-bond acceptors (Lipinski definition) is 2. The lowest BCUT2D eigenvalue weighted by Crippen LogP contribution is -2.39. The van der Waals surface area contributed by atoms with E-state index in [0.717, 1.165) is 25.7 Å². The van der Waals surface area contributed by atoms with E-state index in [1.807, 2.05) is 0 Å². The third-order valence-corrected chi connectivity index (χ3v) is 3.63. The summed E-state index contributed by atoms with van der Waals surface area (Å²) in [6, 6.07) is 0.582. The van der Waals surface area contributed by atoms with Crippen molar-refractivity contribution in [2.45, 2.75) is 59.4 Å². The zero-order valence-corrected chi connectivity index (χ0v) is 11.5. The van der Waals surface area contributed by atoms with Crippen LogP contribution in [-0.2, 0) is 4.74 Å². The molecule has 0 saturated carbocycles. The molecular weight excluding hydrogens is 198 g/mol. The molecule has 96 valence electrons. The molecule has 0 spiro atoms. The van der Waals surface area contributed by atoms with E-state index in [1.165, 1.54) is 25.7 Å². The summed E-state index contributed by atoms with van der Waals surface area (Å²) in [4.78, 5) is 0. The number of ether oxygens (including phenoxy) is 1. The van der Waals surface area contributed by atoms with E-state index in [9.17, 15) is 0 Å². The molecule has 2 nitrogen and oxygen atoms in total. The van der Waals surface area contributed by atoms with Crippen molar-refractivity contribution in [2.24, 2.45) is 11.3 Å². The Balaban J connectivity index is 2.44. The Morgan fingerprint density at radius 2 is 2.06 bits per heavy atom. The van der Waals surface area contributed by atoms with Crippen molar-refractivity contribution in [1.29, 1.82) is 0 Å². The maximum absolute atomic E-state index is 5.63. The monoisotopic (exact) mass is 227 g/mol. The highest BCUT2D eigenvalue weighted by atomic mass is 16.5. The lowest BCUT2D eigenvalue weighted by Gasteiger charge is -2.31. The lowest BCUT2D eigenvalue weighted by atomic mass is 9.77. The van der Waals surface area contributed by atoms with Gasteiger partial charge in [-0.25, -0.2) is 0 Å². The van der Waals surface area contributed by atoms with Crippen LogP contribution in [0.4, 0.5) is 0 Å². The molecule has 0 aromatic heterocycles. The van der Waals surface area contributed by atoms with Gasteiger partial charge < -0.3 is 10.1 Å². The van der Waals surface area contributed by atoms with Crippen molar-refractivity contribution >= 4 is 0 Å². The predicted molar refractivity (Wildman–Crippen MR) is 69.7 cm³/mol. The van der Waals surface area contributed by atoms with Crippen LogP contribution in [0.15, 0.2) is 0 Å². The quantitative estimate of drug-likeness (QED) is 0.721. The zero-order chi connectivity index (χ0) is 12.0. The lowest BCUT2D eigenvalue weighted by molar-refractivity contribution is 0.129. The van der Waals surface area contributed by atoms with Crippen LogP contribution < -0.4 is 5.32 Å². The van der Waals surface area contributed by atoms with Crippen LogP contribution in [0.25, 0.3) is 0 Å². The molecule has 1 aliphatic heterocycles. The van der Waals surface area contributed by atoms with Gasteiger partial charge in [-0.2, -0.15) is 0 Å². The van der Waals surface area contributed by atoms with E-state index >= 15 is 0 Å². The van der Waals surface area contributed by atoms with E-state index < -0.39 is 0 Å². The Morgan fingerprint density at radius 3 is 2.56 bits per heavy atom. The highest BCUT2D eigenvalue weighted by Crippen LogP contribution is 2.36. The summed E-state index contributed by atoms with van der Waals surface area (Å²) in [6.07, 6.45) is 5.21. The number of nitrogens with one attached hydrogen (secondary N) is 1. The molecule has 1 rings (SSSR count). The Morgan fingerprint density at radius 1 is 1.31 bits per heavy atom. The second-order valence-electron chi connectivity index (χ2n) is 5.94. The van der Waals surface area contributed by atoms with E-state index in [2.05, 4.69) is 33.0 Å². The van der Waals surface area contributed by atoms with Gasteiger partial charge in [0.2, 0.25) is 0 Å². The zero-order valence-electron chi connectivity index (χ0n) is 11.5. The molecule has 0 aromatic carbocycles. The first-order valence-corrected chi connectivity index (χ1v) is 6.89. The first kappa shape index (κ1) is 14.0. The molecule has 1 aliphatic rings. The molecule has 0 amide bonds. The molecular formula is C14H29NO. The van der Waals surface area contributed by atoms with Gasteiger partial charge in [-0.3, -0.25) is 0 Å². The first-order valence-electron chi connectivity index (χ1n) is 6.89. The third-order valence-electron chi connectivity index (χ3n) is 3.63. The van der Waals surface area contributed by atoms with Gasteiger partial charge in [-0.15, -0.1) is 0 Å². The van der Waals surface area contributed by atoms with Crippen LogP contribution in [-0.4, -0.2) is 25.8 Å². The molecule has 1 fully saturated rings. The van der Waals surface area contributed by atoms with Crippen LogP contribution in [0, 0.1) is 11.3 Å². The molecule has 0 aliphatic carbocycles. The van der Waals surface area contributed by atoms with Crippen molar-refractivity contribution in [3.05, 3.63) is 0 Å². The molecule has 16 heavy (non-hydrogen) atoms. The molecule has 2 heteroatoms. The molecule has 0 aromatic rings. The van der Waals surface area contributed by atoms with Gasteiger partial charge in [0.1, 0.15) is 0 Å². The third kappa shape index (κ3) is 4.42. The minimum atomic E-state index is 0.416. The Labute approximate surface area is 101 Å². The summed E-state index contributed by atoms with van der Waals surface area (Å²) in [6.45, 7) is 12.1. The van der Waals surface area contributed by atoms with Gasteiger partial charge in [-0.05, 0) is 18.8 Å². The topological polar surface area (TPSA) is 21.3 Å². The highest BCUT2D eigenvalue weighted by molar-refractivity contribution is 4.87. The van der Waals surface area contributed by atoms with Gasteiger partial charge >= 0.3 is 0 Å². The normalized spacial score (nSPS) is 27.6. The molecule has 0 bridgehead atoms. The molecule has 1 saturated heterocycles. The van der Waals surface area contributed by atoms with E-state index in [-0.39, 0.29) is 0 Å². The average molecular weight is 227 g/mol. The summed E-state index contributed by atoms with van der Waals surface area (Å²) in [5.41, 5.74) is 0.416. The summed E-state index contributed by atoms with van der Waals surface area (Å²) in [5.74, 6) is 0.834. The standard InChI is InChI=1S/C14H29NO/c1-5-6-13(4)9-14(7-8-16-11-14)10-15-12(2)3/h12-13,15H,5-11H2,1-4H3. The Kier molecular flexibility index (Phi) is 5.77. The maximum Gasteiger partial charge on any atom is 0.0535 e. The van der Waals surface area contributed by atoms with E-state index in [0.29, 0.717) is 11.5 Å². The van der Waals surface area contributed by atoms with Crippen molar-refractivity contribution in [3.63, 3.8) is 0 Å². The summed E-state index contributed by atoms with van der Waals surface area (Å²) < 4.78 is 5.63. The van der Waals surface area contributed by atoms with Crippen molar-refractivity contribution in [1.82, 2.24) is 5.32 Å². The molecule has 1 heterocycles. The second kappa shape index (κ2) is 6.61.